The molecular formula is C19H21N5O2. The van der Waals surface area contributed by atoms with Crippen molar-refractivity contribution in [2.45, 2.75) is 26.2 Å². The van der Waals surface area contributed by atoms with E-state index in [-0.39, 0.29) is 11.8 Å². The Bertz CT molecular complexity index is 953. The Morgan fingerprint density at radius 2 is 2.12 bits per heavy atom. The number of carbonyl (C=O) groups is 1. The Kier molecular flexibility index (Phi) is 3.99. The van der Waals surface area contributed by atoms with Crippen LogP contribution in [0.15, 0.2) is 24.3 Å². The normalized spacial score (nSPS) is 16.7. The summed E-state index contributed by atoms with van der Waals surface area (Å²) in [6, 6.07) is 7.97. The summed E-state index contributed by atoms with van der Waals surface area (Å²) in [6.07, 6.45) is 0.699. The van der Waals surface area contributed by atoms with Crippen molar-refractivity contribution < 1.29 is 9.53 Å². The van der Waals surface area contributed by atoms with Crippen molar-refractivity contribution in [3.8, 4) is 17.1 Å². The van der Waals surface area contributed by atoms with E-state index in [2.05, 4.69) is 31.5 Å². The number of hydrogen-bond acceptors (Lipinski definition) is 4. The topological polar surface area (TPSA) is 95.7 Å². The molecule has 2 aromatic heterocycles. The zero-order chi connectivity index (χ0) is 18.3. The number of aromatic amines is 2. The maximum absolute atomic E-state index is 12.5. The summed E-state index contributed by atoms with van der Waals surface area (Å²) in [4.78, 5) is 20.4. The molecule has 4 rings (SSSR count). The number of methoxy groups -OCH3 is 1. The fourth-order valence-electron chi connectivity index (χ4n) is 3.51. The quantitative estimate of drug-likeness (QED) is 0.675. The molecule has 3 heterocycles. The number of H-pyrrole nitrogens is 2. The van der Waals surface area contributed by atoms with Crippen LogP contribution in [0, 0.1) is 13.8 Å². The molecule has 26 heavy (non-hydrogen) atoms. The molecule has 0 bridgehead atoms. The van der Waals surface area contributed by atoms with E-state index in [4.69, 9.17) is 4.74 Å². The first kappa shape index (κ1) is 16.4. The van der Waals surface area contributed by atoms with Gasteiger partial charge in [-0.05, 0) is 38.0 Å². The van der Waals surface area contributed by atoms with Crippen LogP contribution in [-0.2, 0) is 6.42 Å². The highest BCUT2D eigenvalue weighted by Gasteiger charge is 2.27. The maximum atomic E-state index is 12.5. The van der Waals surface area contributed by atoms with Gasteiger partial charge in [-0.2, -0.15) is 5.10 Å². The summed E-state index contributed by atoms with van der Waals surface area (Å²) in [5.74, 6) is 1.50. The molecule has 0 radical (unpaired) electrons. The summed E-state index contributed by atoms with van der Waals surface area (Å²) in [7, 11) is 1.66. The number of nitrogens with zero attached hydrogens (tertiary/aromatic N) is 2. The van der Waals surface area contributed by atoms with Gasteiger partial charge in [-0.3, -0.25) is 9.89 Å². The Balaban J connectivity index is 1.72. The van der Waals surface area contributed by atoms with Gasteiger partial charge in [0.1, 0.15) is 17.3 Å². The number of fused-ring (bicyclic) bond motifs is 1. The number of hydrogen-bond donors (Lipinski definition) is 3. The molecule has 0 fully saturated rings. The van der Waals surface area contributed by atoms with Gasteiger partial charge in [0.25, 0.3) is 5.91 Å². The van der Waals surface area contributed by atoms with Crippen molar-refractivity contribution in [2.75, 3.05) is 13.7 Å². The van der Waals surface area contributed by atoms with Crippen molar-refractivity contribution in [3.63, 3.8) is 0 Å². The van der Waals surface area contributed by atoms with Crippen LogP contribution in [-0.4, -0.2) is 39.7 Å². The molecular weight excluding hydrogens is 330 g/mol. The average Bonchev–Trinajstić information content (AvgIpc) is 3.16. The molecule has 7 heteroatoms. The number of aromatic nitrogens is 4. The van der Waals surface area contributed by atoms with E-state index in [0.717, 1.165) is 34.0 Å². The van der Waals surface area contributed by atoms with Crippen LogP contribution in [0.2, 0.25) is 0 Å². The van der Waals surface area contributed by atoms with Crippen LogP contribution >= 0.6 is 0 Å². The van der Waals surface area contributed by atoms with Crippen molar-refractivity contribution in [1.29, 1.82) is 0 Å². The van der Waals surface area contributed by atoms with Crippen molar-refractivity contribution in [1.82, 2.24) is 25.5 Å². The third-order valence-electron chi connectivity index (χ3n) is 4.88. The molecule has 0 unspecified atom stereocenters. The minimum Gasteiger partial charge on any atom is -0.497 e. The Labute approximate surface area is 151 Å². The zero-order valence-electron chi connectivity index (χ0n) is 15.0. The predicted octanol–water partition coefficient (Wildman–Crippen LogP) is 2.49. The van der Waals surface area contributed by atoms with E-state index in [0.29, 0.717) is 24.5 Å². The van der Waals surface area contributed by atoms with Crippen LogP contribution in [0.4, 0.5) is 0 Å². The number of carbonyl (C=O) groups excluding carboxylic acids is 1. The Hall–Kier alpha value is -3.09. The second-order valence-corrected chi connectivity index (χ2v) is 6.61. The molecule has 3 N–H and O–H groups in total. The van der Waals surface area contributed by atoms with Crippen LogP contribution in [0.1, 0.15) is 39.1 Å². The van der Waals surface area contributed by atoms with E-state index < -0.39 is 0 Å². The number of rotatable bonds is 3. The molecule has 7 nitrogen and oxygen atoms in total. The van der Waals surface area contributed by atoms with E-state index >= 15 is 0 Å². The van der Waals surface area contributed by atoms with E-state index in [9.17, 15) is 4.79 Å². The van der Waals surface area contributed by atoms with Crippen LogP contribution in [0.5, 0.6) is 5.75 Å². The molecule has 134 valence electrons. The monoisotopic (exact) mass is 351 g/mol. The van der Waals surface area contributed by atoms with E-state index in [1.54, 1.807) is 7.11 Å². The first-order valence-electron chi connectivity index (χ1n) is 8.59. The summed E-state index contributed by atoms with van der Waals surface area (Å²) < 4.78 is 5.33. The number of aryl methyl sites for hydroxylation is 2. The average molecular weight is 351 g/mol. The van der Waals surface area contributed by atoms with Gasteiger partial charge in [-0.25, -0.2) is 4.98 Å². The number of benzene rings is 1. The highest BCUT2D eigenvalue weighted by atomic mass is 16.5. The highest BCUT2D eigenvalue weighted by molar-refractivity contribution is 5.94. The van der Waals surface area contributed by atoms with Gasteiger partial charge >= 0.3 is 0 Å². The fraction of sp³-hybridized carbons (Fsp3) is 0.316. The third-order valence-corrected chi connectivity index (χ3v) is 4.88. The summed E-state index contributed by atoms with van der Waals surface area (Å²) >= 11 is 0. The van der Waals surface area contributed by atoms with Crippen LogP contribution in [0.3, 0.4) is 0 Å². The largest absolute Gasteiger partial charge is 0.497 e. The molecule has 1 aliphatic rings. The van der Waals surface area contributed by atoms with E-state index in [1.807, 2.05) is 32.0 Å². The highest BCUT2D eigenvalue weighted by Crippen LogP contribution is 2.29. The molecule has 0 saturated carbocycles. The minimum absolute atomic E-state index is 0.147. The Morgan fingerprint density at radius 1 is 1.27 bits per heavy atom. The summed E-state index contributed by atoms with van der Waals surface area (Å²) in [6.45, 7) is 4.43. The van der Waals surface area contributed by atoms with Gasteiger partial charge in [-0.1, -0.05) is 12.1 Å². The van der Waals surface area contributed by atoms with Gasteiger partial charge in [-0.15, -0.1) is 0 Å². The second-order valence-electron chi connectivity index (χ2n) is 6.61. The summed E-state index contributed by atoms with van der Waals surface area (Å²) in [5.41, 5.74) is 5.15. The predicted molar refractivity (Wildman–Crippen MR) is 97.4 cm³/mol. The standard InChI is InChI=1S/C19H21N5O2/c1-10-16(11(2)24-23-10)18-21-15-8-13(9-20-19(25)17(15)22-18)12-5-4-6-14(7-12)26-3/h4-7,13H,8-9H2,1-3H3,(H,20,25)(H,21,22)(H,23,24)/t13-/m0/s1. The first-order valence-corrected chi connectivity index (χ1v) is 8.59. The maximum Gasteiger partial charge on any atom is 0.271 e. The summed E-state index contributed by atoms with van der Waals surface area (Å²) in [5, 5.41) is 10.2. The first-order chi connectivity index (χ1) is 12.6. The lowest BCUT2D eigenvalue weighted by Crippen LogP contribution is -2.26. The Morgan fingerprint density at radius 3 is 2.85 bits per heavy atom. The van der Waals surface area contributed by atoms with Crippen molar-refractivity contribution in [3.05, 3.63) is 52.6 Å². The molecule has 1 aromatic carbocycles. The van der Waals surface area contributed by atoms with Gasteiger partial charge in [0.15, 0.2) is 0 Å². The molecule has 1 amide bonds. The van der Waals surface area contributed by atoms with E-state index in [1.165, 1.54) is 0 Å². The smallest absolute Gasteiger partial charge is 0.271 e. The molecule has 0 spiro atoms. The van der Waals surface area contributed by atoms with Crippen LogP contribution < -0.4 is 10.1 Å². The number of ether oxygens (including phenoxy) is 1. The SMILES string of the molecule is COc1cccc([C@@H]2CNC(=O)c3nc(-c4c(C)n[nH]c4C)[nH]c3C2)c1. The molecule has 1 atom stereocenters. The fourth-order valence-corrected chi connectivity index (χ4v) is 3.51. The molecule has 1 aliphatic heterocycles. The lowest BCUT2D eigenvalue weighted by atomic mass is 9.94. The van der Waals surface area contributed by atoms with Gasteiger partial charge in [0.05, 0.1) is 18.4 Å². The van der Waals surface area contributed by atoms with Crippen LogP contribution in [0.25, 0.3) is 11.4 Å². The van der Waals surface area contributed by atoms with Crippen molar-refractivity contribution >= 4 is 5.91 Å². The lowest BCUT2D eigenvalue weighted by Gasteiger charge is -2.15. The third kappa shape index (κ3) is 2.75. The van der Waals surface area contributed by atoms with Crippen molar-refractivity contribution in [2.24, 2.45) is 0 Å². The van der Waals surface area contributed by atoms with Gasteiger partial charge in [0.2, 0.25) is 0 Å². The molecule has 0 aliphatic carbocycles. The lowest BCUT2D eigenvalue weighted by molar-refractivity contribution is 0.0950. The number of nitrogens with one attached hydrogen (secondary N) is 3. The number of amides is 1. The minimum atomic E-state index is -0.147. The molecule has 0 saturated heterocycles. The van der Waals surface area contributed by atoms with Gasteiger partial charge in [0, 0.05) is 23.9 Å². The second kappa shape index (κ2) is 6.33. The molecule has 3 aromatic rings. The number of imidazole rings is 1. The van der Waals surface area contributed by atoms with Gasteiger partial charge < -0.3 is 15.0 Å². The zero-order valence-corrected chi connectivity index (χ0v) is 15.0.